The van der Waals surface area contributed by atoms with E-state index in [1.54, 1.807) is 0 Å². The summed E-state index contributed by atoms with van der Waals surface area (Å²) in [5.41, 5.74) is 6.96. The predicted octanol–water partition coefficient (Wildman–Crippen LogP) is 0.369. The summed E-state index contributed by atoms with van der Waals surface area (Å²) in [4.78, 5) is 0. The quantitative estimate of drug-likeness (QED) is 0.684. The van der Waals surface area contributed by atoms with Crippen LogP contribution in [-0.2, 0) is 16.6 Å². The second-order valence-corrected chi connectivity index (χ2v) is 4.58. The van der Waals surface area contributed by atoms with Crippen molar-refractivity contribution in [3.05, 3.63) is 35.9 Å². The van der Waals surface area contributed by atoms with E-state index in [0.29, 0.717) is 11.5 Å². The fourth-order valence-electron chi connectivity index (χ4n) is 1.15. The molecule has 0 bridgehead atoms. The van der Waals surface area contributed by atoms with E-state index in [4.69, 9.17) is 0 Å². The summed E-state index contributed by atoms with van der Waals surface area (Å²) < 4.78 is 11.5. The van der Waals surface area contributed by atoms with E-state index in [0.717, 1.165) is 5.56 Å². The van der Waals surface area contributed by atoms with Gasteiger partial charge in [-0.3, -0.25) is 4.21 Å². The molecule has 4 heteroatoms. The minimum absolute atomic E-state index is 0.268. The molecule has 1 atom stereocenters. The molecular weight excluding hydrogens is 184 g/mol. The lowest BCUT2D eigenvalue weighted by Crippen LogP contribution is -2.09. The molecule has 3 nitrogen and oxygen atoms in total. The van der Waals surface area contributed by atoms with E-state index in [9.17, 15) is 4.21 Å². The second-order valence-electron chi connectivity index (χ2n) is 3.08. The summed E-state index contributed by atoms with van der Waals surface area (Å²) >= 11 is 0. The molecule has 1 heterocycles. The molecule has 13 heavy (non-hydrogen) atoms. The van der Waals surface area contributed by atoms with Crippen molar-refractivity contribution in [2.45, 2.75) is 11.9 Å². The van der Waals surface area contributed by atoms with Gasteiger partial charge in [0.25, 0.3) is 0 Å². The molecule has 1 aromatic rings. The molecule has 1 aliphatic rings. The van der Waals surface area contributed by atoms with E-state index in [-0.39, 0.29) is 6.17 Å². The van der Waals surface area contributed by atoms with Crippen LogP contribution in [0.3, 0.4) is 0 Å². The number of benzene rings is 1. The first-order valence-electron chi connectivity index (χ1n) is 4.24. The molecule has 2 rings (SSSR count). The zero-order valence-electron chi connectivity index (χ0n) is 7.19. The molecule has 0 radical (unpaired) electrons. The van der Waals surface area contributed by atoms with Crippen LogP contribution >= 0.6 is 0 Å². The van der Waals surface area contributed by atoms with Crippen molar-refractivity contribution in [2.75, 3.05) is 5.75 Å². The van der Waals surface area contributed by atoms with Crippen LogP contribution in [0.25, 0.3) is 0 Å². The van der Waals surface area contributed by atoms with Gasteiger partial charge in [0.2, 0.25) is 0 Å². The van der Waals surface area contributed by atoms with Crippen LogP contribution < -0.4 is 10.9 Å². The highest BCUT2D eigenvalue weighted by Crippen LogP contribution is 2.04. The molecule has 0 aromatic heterocycles. The van der Waals surface area contributed by atoms with E-state index in [1.807, 2.05) is 30.3 Å². The van der Waals surface area contributed by atoms with Crippen molar-refractivity contribution >= 4 is 10.8 Å². The first-order chi connectivity index (χ1) is 6.34. The summed E-state index contributed by atoms with van der Waals surface area (Å²) in [6.07, 6.45) is 0.268. The van der Waals surface area contributed by atoms with Gasteiger partial charge in [0.05, 0.1) is 11.9 Å². The molecule has 1 fully saturated rings. The van der Waals surface area contributed by atoms with E-state index >= 15 is 0 Å². The lowest BCUT2D eigenvalue weighted by Gasteiger charge is -1.99. The van der Waals surface area contributed by atoms with Gasteiger partial charge in [0.15, 0.2) is 0 Å². The van der Waals surface area contributed by atoms with Crippen molar-refractivity contribution in [1.29, 1.82) is 0 Å². The zero-order valence-corrected chi connectivity index (χ0v) is 8.01. The van der Waals surface area contributed by atoms with Crippen molar-refractivity contribution < 1.29 is 4.21 Å². The fraction of sp³-hybridized carbons (Fsp3) is 0.333. The van der Waals surface area contributed by atoms with Crippen LogP contribution in [0.15, 0.2) is 30.3 Å². The van der Waals surface area contributed by atoms with Crippen LogP contribution in [0.2, 0.25) is 0 Å². The third-order valence-electron chi connectivity index (χ3n) is 1.87. The highest BCUT2D eigenvalue weighted by atomic mass is 32.2. The highest BCUT2D eigenvalue weighted by Gasteiger charge is 2.21. The first kappa shape index (κ1) is 8.87. The molecule has 0 saturated carbocycles. The van der Waals surface area contributed by atoms with Crippen molar-refractivity contribution in [3.8, 4) is 0 Å². The Labute approximate surface area is 80.0 Å². The molecule has 0 amide bonds. The normalized spacial score (nSPS) is 18.5. The van der Waals surface area contributed by atoms with Crippen LogP contribution in [0.4, 0.5) is 0 Å². The average molecular weight is 196 g/mol. The Balaban J connectivity index is 1.86. The Bertz CT molecular complexity index is 298. The third-order valence-corrected chi connectivity index (χ3v) is 3.23. The van der Waals surface area contributed by atoms with Gasteiger partial charge in [0, 0.05) is 16.6 Å². The smallest absolute Gasteiger partial charge is 0.0948 e. The number of hydrogen-bond acceptors (Lipinski definition) is 3. The summed E-state index contributed by atoms with van der Waals surface area (Å²) in [7, 11) is -0.764. The second kappa shape index (κ2) is 4.00. The minimum Gasteiger partial charge on any atom is -0.259 e. The zero-order chi connectivity index (χ0) is 9.10. The summed E-state index contributed by atoms with van der Waals surface area (Å²) in [5.74, 6) is 1.34. The molecule has 1 saturated heterocycles. The van der Waals surface area contributed by atoms with Crippen LogP contribution in [-0.4, -0.2) is 16.1 Å². The monoisotopic (exact) mass is 196 g/mol. The Kier molecular flexibility index (Phi) is 2.73. The topological polar surface area (TPSA) is 61.0 Å². The molecule has 70 valence electrons. The largest absolute Gasteiger partial charge is 0.259 e. The maximum Gasteiger partial charge on any atom is 0.0948 e. The van der Waals surface area contributed by atoms with Gasteiger partial charge in [0.1, 0.15) is 0 Å². The number of hydrogen-bond donors (Lipinski definition) is 2. The predicted molar refractivity (Wildman–Crippen MR) is 53.2 cm³/mol. The number of nitrogens with one attached hydrogen (secondary N) is 2. The van der Waals surface area contributed by atoms with E-state index in [2.05, 4.69) is 10.9 Å². The highest BCUT2D eigenvalue weighted by molar-refractivity contribution is 7.84. The Morgan fingerprint density at radius 2 is 1.92 bits per heavy atom. The van der Waals surface area contributed by atoms with Gasteiger partial charge in [-0.15, -0.1) is 0 Å². The minimum atomic E-state index is -0.764. The molecular formula is C9H12N2OS. The standard InChI is InChI=1S/C9H12N2OS/c12-13(7-9-10-11-9)6-8-4-2-1-3-5-8/h1-5,9-11H,6-7H2. The average Bonchev–Trinajstić information content (AvgIpc) is 2.90. The van der Waals surface area contributed by atoms with E-state index < -0.39 is 10.8 Å². The molecule has 1 aromatic carbocycles. The van der Waals surface area contributed by atoms with Crippen LogP contribution in [0, 0.1) is 0 Å². The van der Waals surface area contributed by atoms with Gasteiger partial charge in [-0.05, 0) is 5.56 Å². The van der Waals surface area contributed by atoms with Gasteiger partial charge in [-0.25, -0.2) is 10.9 Å². The van der Waals surface area contributed by atoms with Crippen molar-refractivity contribution in [2.24, 2.45) is 0 Å². The summed E-state index contributed by atoms with van der Waals surface area (Å²) in [6.45, 7) is 0. The first-order valence-corrected chi connectivity index (χ1v) is 5.73. The van der Waals surface area contributed by atoms with E-state index in [1.165, 1.54) is 0 Å². The van der Waals surface area contributed by atoms with Gasteiger partial charge in [-0.2, -0.15) is 0 Å². The lowest BCUT2D eigenvalue weighted by atomic mass is 10.2. The molecule has 0 spiro atoms. The van der Waals surface area contributed by atoms with Crippen molar-refractivity contribution in [1.82, 2.24) is 10.9 Å². The summed E-state index contributed by atoms with van der Waals surface area (Å²) in [6, 6.07) is 9.92. The Morgan fingerprint density at radius 3 is 2.54 bits per heavy atom. The lowest BCUT2D eigenvalue weighted by molar-refractivity contribution is 0.681. The Morgan fingerprint density at radius 1 is 1.23 bits per heavy atom. The number of rotatable bonds is 4. The van der Waals surface area contributed by atoms with Gasteiger partial charge in [-0.1, -0.05) is 30.3 Å². The SMILES string of the molecule is O=S(Cc1ccccc1)CC1NN1. The van der Waals surface area contributed by atoms with Crippen molar-refractivity contribution in [3.63, 3.8) is 0 Å². The maximum atomic E-state index is 11.5. The molecule has 0 aliphatic carbocycles. The number of hydrazine groups is 1. The van der Waals surface area contributed by atoms with Crippen LogP contribution in [0.5, 0.6) is 0 Å². The van der Waals surface area contributed by atoms with Gasteiger partial charge >= 0.3 is 0 Å². The molecule has 2 N–H and O–H groups in total. The third kappa shape index (κ3) is 2.91. The fourth-order valence-corrected chi connectivity index (χ4v) is 2.37. The maximum absolute atomic E-state index is 11.5. The molecule has 1 unspecified atom stereocenters. The van der Waals surface area contributed by atoms with Gasteiger partial charge < -0.3 is 0 Å². The Hall–Kier alpha value is -0.710. The summed E-state index contributed by atoms with van der Waals surface area (Å²) in [5, 5.41) is 0. The molecule has 1 aliphatic heterocycles. The van der Waals surface area contributed by atoms with Crippen LogP contribution in [0.1, 0.15) is 5.56 Å².